The molecule has 5 nitrogen and oxygen atoms in total. The van der Waals surface area contributed by atoms with Crippen molar-refractivity contribution < 1.29 is 4.79 Å². The minimum Gasteiger partial charge on any atom is -0.340 e. The zero-order valence-electron chi connectivity index (χ0n) is 13.4. The van der Waals surface area contributed by atoms with Crippen LogP contribution in [0.15, 0.2) is 48.9 Å². The van der Waals surface area contributed by atoms with E-state index in [4.69, 9.17) is 0 Å². The number of unbranched alkanes of at least 4 members (excludes halogenated alkanes) is 1. The number of hydrogen-bond acceptors (Lipinski definition) is 3. The van der Waals surface area contributed by atoms with E-state index in [1.807, 2.05) is 48.0 Å². The molecule has 0 bridgehead atoms. The number of hydrogen-bond donors (Lipinski definition) is 0. The average Bonchev–Trinajstić information content (AvgIpc) is 3.03. The minimum absolute atomic E-state index is 0.0545. The summed E-state index contributed by atoms with van der Waals surface area (Å²) in [6, 6.07) is 9.88. The highest BCUT2D eigenvalue weighted by molar-refractivity contribution is 5.93. The minimum atomic E-state index is -0.0545. The smallest absolute Gasteiger partial charge is 0.273 e. The molecule has 0 saturated heterocycles. The molecule has 5 heteroatoms. The van der Waals surface area contributed by atoms with Gasteiger partial charge in [0.05, 0.1) is 0 Å². The summed E-state index contributed by atoms with van der Waals surface area (Å²) >= 11 is 0. The maximum atomic E-state index is 12.5. The third-order valence-electron chi connectivity index (χ3n) is 3.84. The van der Waals surface area contributed by atoms with Gasteiger partial charge in [0.1, 0.15) is 11.4 Å². The molecule has 0 N–H and O–H groups in total. The summed E-state index contributed by atoms with van der Waals surface area (Å²) in [5.74, 6) is -0.0545. The molecular weight excluding hydrogens is 288 g/mol. The maximum Gasteiger partial charge on any atom is 0.273 e. The molecule has 3 rings (SSSR count). The highest BCUT2D eigenvalue weighted by Gasteiger charge is 2.17. The molecule has 0 saturated carbocycles. The van der Waals surface area contributed by atoms with Crippen LogP contribution in [0.4, 0.5) is 0 Å². The molecule has 0 spiro atoms. The van der Waals surface area contributed by atoms with Crippen molar-refractivity contribution in [3.8, 4) is 11.3 Å². The second-order valence-corrected chi connectivity index (χ2v) is 5.58. The van der Waals surface area contributed by atoms with Gasteiger partial charge in [-0.1, -0.05) is 43.7 Å². The van der Waals surface area contributed by atoms with Crippen molar-refractivity contribution in [1.29, 1.82) is 0 Å². The molecule has 3 aromatic rings. The first-order chi connectivity index (χ1) is 11.2. The first-order valence-electron chi connectivity index (χ1n) is 7.85. The summed E-state index contributed by atoms with van der Waals surface area (Å²) in [5.41, 5.74) is 2.92. The number of imidazole rings is 1. The van der Waals surface area contributed by atoms with E-state index in [0.29, 0.717) is 11.3 Å². The van der Waals surface area contributed by atoms with Crippen LogP contribution < -0.4 is 0 Å². The van der Waals surface area contributed by atoms with Crippen LogP contribution in [0, 0.1) is 0 Å². The molecule has 2 heterocycles. The van der Waals surface area contributed by atoms with Gasteiger partial charge in [0.25, 0.3) is 5.91 Å². The topological polar surface area (TPSA) is 50.5 Å². The summed E-state index contributed by atoms with van der Waals surface area (Å²) in [6.07, 6.45) is 7.37. The van der Waals surface area contributed by atoms with Crippen LogP contribution in [0.1, 0.15) is 30.3 Å². The molecule has 0 atom stereocenters. The van der Waals surface area contributed by atoms with Gasteiger partial charge < -0.3 is 9.30 Å². The second kappa shape index (κ2) is 6.60. The first-order valence-corrected chi connectivity index (χ1v) is 7.85. The standard InChI is InChI=1S/C18H20N4O/c1-3-4-11-21(2)18(23)15-13-22-12-10-19-16(17(22)20-15)14-8-6-5-7-9-14/h5-10,12-13H,3-4,11H2,1-2H3. The number of carbonyl (C=O) groups excluding carboxylic acids is 1. The van der Waals surface area contributed by atoms with Crippen molar-refractivity contribution in [3.63, 3.8) is 0 Å². The molecule has 0 radical (unpaired) electrons. The zero-order valence-corrected chi connectivity index (χ0v) is 13.4. The normalized spacial score (nSPS) is 10.9. The van der Waals surface area contributed by atoms with E-state index in [2.05, 4.69) is 16.9 Å². The van der Waals surface area contributed by atoms with Crippen molar-refractivity contribution in [2.75, 3.05) is 13.6 Å². The highest BCUT2D eigenvalue weighted by Crippen LogP contribution is 2.21. The molecular formula is C18H20N4O. The Balaban J connectivity index is 1.98. The van der Waals surface area contributed by atoms with Gasteiger partial charge in [-0.25, -0.2) is 4.98 Å². The largest absolute Gasteiger partial charge is 0.340 e. The van der Waals surface area contributed by atoms with Crippen molar-refractivity contribution >= 4 is 11.6 Å². The fraction of sp³-hybridized carbons (Fsp3) is 0.278. The first kappa shape index (κ1) is 15.2. The van der Waals surface area contributed by atoms with Crippen LogP contribution in [-0.2, 0) is 0 Å². The molecule has 0 aliphatic carbocycles. The van der Waals surface area contributed by atoms with E-state index in [1.165, 1.54) is 0 Å². The molecule has 1 amide bonds. The van der Waals surface area contributed by atoms with E-state index in [9.17, 15) is 4.79 Å². The van der Waals surface area contributed by atoms with E-state index in [1.54, 1.807) is 17.3 Å². The number of carbonyl (C=O) groups is 1. The molecule has 118 valence electrons. The SMILES string of the molecule is CCCCN(C)C(=O)c1cn2ccnc(-c3ccccc3)c2n1. The number of aromatic nitrogens is 3. The maximum absolute atomic E-state index is 12.5. The van der Waals surface area contributed by atoms with E-state index in [-0.39, 0.29) is 5.91 Å². The van der Waals surface area contributed by atoms with Gasteiger partial charge in [0.2, 0.25) is 0 Å². The summed E-state index contributed by atoms with van der Waals surface area (Å²) in [7, 11) is 1.82. The number of nitrogens with zero attached hydrogens (tertiary/aromatic N) is 4. The highest BCUT2D eigenvalue weighted by atomic mass is 16.2. The van der Waals surface area contributed by atoms with E-state index >= 15 is 0 Å². The zero-order chi connectivity index (χ0) is 16.2. The lowest BCUT2D eigenvalue weighted by molar-refractivity contribution is 0.0788. The van der Waals surface area contributed by atoms with Crippen LogP contribution in [-0.4, -0.2) is 38.8 Å². The molecule has 1 aromatic carbocycles. The number of rotatable bonds is 5. The molecule has 0 aliphatic heterocycles. The molecule has 2 aromatic heterocycles. The van der Waals surface area contributed by atoms with Crippen molar-refractivity contribution in [3.05, 3.63) is 54.6 Å². The Kier molecular flexibility index (Phi) is 4.37. The number of benzene rings is 1. The van der Waals surface area contributed by atoms with Gasteiger partial charge in [-0.05, 0) is 6.42 Å². The van der Waals surface area contributed by atoms with Gasteiger partial charge in [-0.2, -0.15) is 0 Å². The van der Waals surface area contributed by atoms with Gasteiger partial charge in [-0.3, -0.25) is 9.78 Å². The van der Waals surface area contributed by atoms with Gasteiger partial charge in [0.15, 0.2) is 5.65 Å². The van der Waals surface area contributed by atoms with Gasteiger partial charge in [0, 0.05) is 37.7 Å². The molecule has 23 heavy (non-hydrogen) atoms. The van der Waals surface area contributed by atoms with Gasteiger partial charge in [-0.15, -0.1) is 0 Å². The van der Waals surface area contributed by atoms with Crippen LogP contribution in [0.2, 0.25) is 0 Å². The third kappa shape index (κ3) is 3.08. The Hall–Kier alpha value is -2.69. The Morgan fingerprint density at radius 2 is 2.04 bits per heavy atom. The summed E-state index contributed by atoms with van der Waals surface area (Å²) < 4.78 is 1.86. The number of amides is 1. The third-order valence-corrected chi connectivity index (χ3v) is 3.84. The second-order valence-electron chi connectivity index (χ2n) is 5.58. The molecule has 0 unspecified atom stereocenters. The van der Waals surface area contributed by atoms with E-state index < -0.39 is 0 Å². The quantitative estimate of drug-likeness (QED) is 0.727. The van der Waals surface area contributed by atoms with Crippen LogP contribution in [0.25, 0.3) is 16.9 Å². The number of fused-ring (bicyclic) bond motifs is 1. The Morgan fingerprint density at radius 3 is 2.78 bits per heavy atom. The fourth-order valence-electron chi connectivity index (χ4n) is 2.51. The Bertz CT molecular complexity index is 810. The lowest BCUT2D eigenvalue weighted by Crippen LogP contribution is -2.27. The van der Waals surface area contributed by atoms with Crippen LogP contribution in [0.5, 0.6) is 0 Å². The predicted molar refractivity (Wildman–Crippen MR) is 90.3 cm³/mol. The van der Waals surface area contributed by atoms with Crippen LogP contribution in [0.3, 0.4) is 0 Å². The summed E-state index contributed by atoms with van der Waals surface area (Å²) in [5, 5.41) is 0. The lowest BCUT2D eigenvalue weighted by Gasteiger charge is -2.14. The fourth-order valence-corrected chi connectivity index (χ4v) is 2.51. The monoisotopic (exact) mass is 308 g/mol. The Labute approximate surface area is 135 Å². The molecule has 0 fully saturated rings. The average molecular weight is 308 g/mol. The van der Waals surface area contributed by atoms with Crippen molar-refractivity contribution in [1.82, 2.24) is 19.3 Å². The van der Waals surface area contributed by atoms with Crippen molar-refractivity contribution in [2.45, 2.75) is 19.8 Å². The van der Waals surface area contributed by atoms with Crippen LogP contribution >= 0.6 is 0 Å². The lowest BCUT2D eigenvalue weighted by atomic mass is 10.1. The Morgan fingerprint density at radius 1 is 1.26 bits per heavy atom. The molecule has 0 aliphatic rings. The summed E-state index contributed by atoms with van der Waals surface area (Å²) in [4.78, 5) is 23.2. The van der Waals surface area contributed by atoms with Gasteiger partial charge >= 0.3 is 0 Å². The van der Waals surface area contributed by atoms with Crippen molar-refractivity contribution in [2.24, 2.45) is 0 Å². The van der Waals surface area contributed by atoms with E-state index in [0.717, 1.165) is 30.6 Å². The predicted octanol–water partition coefficient (Wildman–Crippen LogP) is 3.27. The summed E-state index contributed by atoms with van der Waals surface area (Å²) in [6.45, 7) is 2.86.